The van der Waals surface area contributed by atoms with Gasteiger partial charge in [-0.1, -0.05) is 54.2 Å². The topological polar surface area (TPSA) is 88.2 Å². The molecule has 0 spiro atoms. The number of carbonyl (C=O) groups is 2. The molecule has 1 aliphatic heterocycles. The summed E-state index contributed by atoms with van der Waals surface area (Å²) in [6, 6.07) is 19.5. The molecule has 0 aliphatic carbocycles. The molecule has 33 heavy (non-hydrogen) atoms. The third-order valence-electron chi connectivity index (χ3n) is 5.44. The summed E-state index contributed by atoms with van der Waals surface area (Å²) in [5, 5.41) is 14.6. The smallest absolute Gasteiger partial charge is 0.342 e. The Bertz CT molecular complexity index is 1300. The van der Waals surface area contributed by atoms with E-state index in [1.165, 1.54) is 11.8 Å². The summed E-state index contributed by atoms with van der Waals surface area (Å²) in [6.45, 7) is 3.54. The van der Waals surface area contributed by atoms with Gasteiger partial charge in [0.05, 0.1) is 23.6 Å². The van der Waals surface area contributed by atoms with E-state index < -0.39 is 18.4 Å². The number of aromatic nitrogens is 2. The van der Waals surface area contributed by atoms with Crippen molar-refractivity contribution in [2.75, 3.05) is 18.6 Å². The van der Waals surface area contributed by atoms with E-state index in [0.29, 0.717) is 28.5 Å². The summed E-state index contributed by atoms with van der Waals surface area (Å²) in [5.41, 5.74) is 3.48. The van der Waals surface area contributed by atoms with E-state index in [1.807, 2.05) is 60.7 Å². The summed E-state index contributed by atoms with van der Waals surface area (Å²) in [4.78, 5) is 28.3. The lowest BCUT2D eigenvalue weighted by Crippen LogP contribution is -2.20. The first-order valence-electron chi connectivity index (χ1n) is 10.3. The molecule has 0 fully saturated rings. The molecule has 8 heteroatoms. The molecule has 2 aromatic carbocycles. The normalized spacial score (nSPS) is 13.9. The fraction of sp³-hybridized carbons (Fsp3) is 0.200. The number of hydrogen-bond donors (Lipinski definition) is 0. The SMILES string of the molecule is Cc1nn(Cc2ccccc2)c(C)c1C(=O)OCC(=O)/C(C#N)=C1/Sc2ccccc2N1C. The van der Waals surface area contributed by atoms with Crippen LogP contribution in [0.15, 0.2) is 70.1 Å². The first kappa shape index (κ1) is 22.4. The first-order valence-corrected chi connectivity index (χ1v) is 11.2. The second kappa shape index (κ2) is 9.35. The van der Waals surface area contributed by atoms with Crippen LogP contribution in [0.1, 0.15) is 27.3 Å². The van der Waals surface area contributed by atoms with Crippen molar-refractivity contribution >= 4 is 29.2 Å². The standard InChI is InChI=1S/C25H22N4O3S/c1-16-23(17(2)29(27-16)14-18-9-5-4-6-10-18)25(31)32-15-21(30)19(13-26)24-28(3)20-11-7-8-12-22(20)33-24/h4-12H,14-15H2,1-3H3/b24-19+. The van der Waals surface area contributed by atoms with E-state index in [-0.39, 0.29) is 5.57 Å². The number of ether oxygens (including phenoxy) is 1. The Hall–Kier alpha value is -3.83. The van der Waals surface area contributed by atoms with Crippen molar-refractivity contribution in [3.05, 3.63) is 87.7 Å². The minimum absolute atomic E-state index is 0.0280. The molecule has 1 aromatic heterocycles. The zero-order chi connectivity index (χ0) is 23.5. The van der Waals surface area contributed by atoms with Gasteiger partial charge in [0, 0.05) is 11.9 Å². The average Bonchev–Trinajstić information content (AvgIpc) is 3.29. The van der Waals surface area contributed by atoms with Gasteiger partial charge in [-0.15, -0.1) is 0 Å². The number of carbonyl (C=O) groups excluding carboxylic acids is 2. The molecule has 0 saturated heterocycles. The van der Waals surface area contributed by atoms with Gasteiger partial charge < -0.3 is 9.64 Å². The van der Waals surface area contributed by atoms with Gasteiger partial charge >= 0.3 is 5.97 Å². The number of aryl methyl sites for hydroxylation is 1. The molecule has 3 aromatic rings. The highest BCUT2D eigenvalue weighted by atomic mass is 32.2. The van der Waals surface area contributed by atoms with Gasteiger partial charge in [0.2, 0.25) is 5.78 Å². The number of fused-ring (bicyclic) bond motifs is 1. The molecule has 1 aliphatic rings. The number of thioether (sulfide) groups is 1. The lowest BCUT2D eigenvalue weighted by atomic mass is 10.2. The zero-order valence-corrected chi connectivity index (χ0v) is 19.3. The first-order chi connectivity index (χ1) is 15.9. The predicted molar refractivity (Wildman–Crippen MR) is 126 cm³/mol. The third-order valence-corrected chi connectivity index (χ3v) is 6.67. The Morgan fingerprint density at radius 1 is 1.09 bits per heavy atom. The van der Waals surface area contributed by atoms with E-state index in [1.54, 1.807) is 30.5 Å². The lowest BCUT2D eigenvalue weighted by Gasteiger charge is -2.14. The van der Waals surface area contributed by atoms with Crippen LogP contribution >= 0.6 is 11.8 Å². The molecule has 2 heterocycles. The maximum atomic E-state index is 12.8. The highest BCUT2D eigenvalue weighted by Gasteiger charge is 2.29. The minimum atomic E-state index is -0.629. The molecule has 7 nitrogen and oxygen atoms in total. The van der Waals surface area contributed by atoms with E-state index in [2.05, 4.69) is 5.10 Å². The number of Topliss-reactive ketones (excluding diaryl/α,β-unsaturated/α-hetero) is 1. The van der Waals surface area contributed by atoms with Crippen molar-refractivity contribution in [3.63, 3.8) is 0 Å². The maximum absolute atomic E-state index is 12.8. The van der Waals surface area contributed by atoms with Crippen molar-refractivity contribution in [3.8, 4) is 6.07 Å². The van der Waals surface area contributed by atoms with Gasteiger partial charge in [-0.25, -0.2) is 4.79 Å². The summed E-state index contributed by atoms with van der Waals surface area (Å²) < 4.78 is 7.06. The molecular formula is C25H22N4O3S. The number of rotatable bonds is 6. The Labute approximate surface area is 196 Å². The molecular weight excluding hydrogens is 436 g/mol. The summed E-state index contributed by atoms with van der Waals surface area (Å²) in [7, 11) is 1.80. The highest BCUT2D eigenvalue weighted by Crippen LogP contribution is 2.46. The lowest BCUT2D eigenvalue weighted by molar-refractivity contribution is -0.118. The second-order valence-corrected chi connectivity index (χ2v) is 8.64. The van der Waals surface area contributed by atoms with Crippen LogP contribution in [-0.2, 0) is 16.1 Å². The zero-order valence-electron chi connectivity index (χ0n) is 18.5. The van der Waals surface area contributed by atoms with Gasteiger partial charge in [0.15, 0.2) is 6.61 Å². The largest absolute Gasteiger partial charge is 0.454 e. The number of esters is 1. The van der Waals surface area contributed by atoms with Crippen LogP contribution in [0.2, 0.25) is 0 Å². The van der Waals surface area contributed by atoms with Gasteiger partial charge in [-0.3, -0.25) is 9.48 Å². The maximum Gasteiger partial charge on any atom is 0.342 e. The number of anilines is 1. The van der Waals surface area contributed by atoms with Gasteiger partial charge in [0.25, 0.3) is 0 Å². The Morgan fingerprint density at radius 3 is 2.48 bits per heavy atom. The van der Waals surface area contributed by atoms with Crippen molar-refractivity contribution < 1.29 is 14.3 Å². The molecule has 0 N–H and O–H groups in total. The van der Waals surface area contributed by atoms with E-state index in [9.17, 15) is 14.9 Å². The third kappa shape index (κ3) is 4.41. The molecule has 166 valence electrons. The van der Waals surface area contributed by atoms with Crippen LogP contribution in [0, 0.1) is 25.2 Å². The number of nitrogens with zero attached hydrogens (tertiary/aromatic N) is 4. The van der Waals surface area contributed by atoms with Crippen LogP contribution < -0.4 is 4.90 Å². The predicted octanol–water partition coefficient (Wildman–Crippen LogP) is 4.25. The minimum Gasteiger partial charge on any atom is -0.454 e. The summed E-state index contributed by atoms with van der Waals surface area (Å²) in [6.07, 6.45) is 0. The van der Waals surface area contributed by atoms with Crippen LogP contribution in [0.25, 0.3) is 0 Å². The summed E-state index contributed by atoms with van der Waals surface area (Å²) in [5.74, 6) is -1.17. The quantitative estimate of drug-likeness (QED) is 0.310. The number of hydrogen-bond acceptors (Lipinski definition) is 7. The van der Waals surface area contributed by atoms with Crippen molar-refractivity contribution in [2.24, 2.45) is 0 Å². The molecule has 0 amide bonds. The Balaban J connectivity index is 1.48. The number of benzene rings is 2. The second-order valence-electron chi connectivity index (χ2n) is 7.61. The Morgan fingerprint density at radius 2 is 1.79 bits per heavy atom. The molecule has 0 atom stereocenters. The Kier molecular flexibility index (Phi) is 6.33. The van der Waals surface area contributed by atoms with Crippen molar-refractivity contribution in [1.29, 1.82) is 5.26 Å². The fourth-order valence-corrected chi connectivity index (χ4v) is 4.89. The molecule has 0 saturated carbocycles. The van der Waals surface area contributed by atoms with E-state index in [0.717, 1.165) is 16.1 Å². The fourth-order valence-electron chi connectivity index (χ4n) is 3.73. The highest BCUT2D eigenvalue weighted by molar-refractivity contribution is 8.03. The van der Waals surface area contributed by atoms with Gasteiger partial charge in [-0.2, -0.15) is 10.4 Å². The van der Waals surface area contributed by atoms with E-state index >= 15 is 0 Å². The van der Waals surface area contributed by atoms with Crippen molar-refractivity contribution in [1.82, 2.24) is 9.78 Å². The van der Waals surface area contributed by atoms with Crippen molar-refractivity contribution in [2.45, 2.75) is 25.3 Å². The summed E-state index contributed by atoms with van der Waals surface area (Å²) >= 11 is 1.35. The molecule has 0 bridgehead atoms. The molecule has 0 radical (unpaired) electrons. The molecule has 0 unspecified atom stereocenters. The van der Waals surface area contributed by atoms with Gasteiger partial charge in [0.1, 0.15) is 22.2 Å². The molecule has 4 rings (SSSR count). The number of nitriles is 1. The number of ketones is 1. The van der Waals surface area contributed by atoms with Crippen LogP contribution in [-0.4, -0.2) is 35.2 Å². The van der Waals surface area contributed by atoms with Crippen LogP contribution in [0.3, 0.4) is 0 Å². The van der Waals surface area contributed by atoms with Crippen LogP contribution in [0.4, 0.5) is 5.69 Å². The van der Waals surface area contributed by atoms with Crippen LogP contribution in [0.5, 0.6) is 0 Å². The van der Waals surface area contributed by atoms with Gasteiger partial charge in [-0.05, 0) is 31.5 Å². The van der Waals surface area contributed by atoms with E-state index in [4.69, 9.17) is 4.74 Å². The monoisotopic (exact) mass is 458 g/mol. The average molecular weight is 459 g/mol. The number of para-hydroxylation sites is 1.